The van der Waals surface area contributed by atoms with Crippen LogP contribution in [0.3, 0.4) is 0 Å². The maximum absolute atomic E-state index is 13.6. The Morgan fingerprint density at radius 3 is 2.90 bits per heavy atom. The van der Waals surface area contributed by atoms with E-state index < -0.39 is 33.6 Å². The zero-order valence-corrected chi connectivity index (χ0v) is 10.1. The average Bonchev–Trinajstić information content (AvgIpc) is 2.89. The van der Waals surface area contributed by atoms with E-state index in [9.17, 15) is 19.3 Å². The molecular weight excluding hydrogens is 269 g/mol. The molecule has 1 amide bonds. The van der Waals surface area contributed by atoms with Crippen LogP contribution in [0.1, 0.15) is 16.2 Å². The van der Waals surface area contributed by atoms with Gasteiger partial charge in [0.15, 0.2) is 0 Å². The second-order valence-corrected chi connectivity index (χ2v) is 3.83. The fraction of sp³-hybridized carbons (Fsp3) is 0.0909. The molecular formula is C11H10FN5O3. The number of benzene rings is 1. The van der Waals surface area contributed by atoms with Crippen LogP contribution in [0.15, 0.2) is 24.5 Å². The maximum Gasteiger partial charge on any atom is 0.293 e. The lowest BCUT2D eigenvalue weighted by molar-refractivity contribution is -0.384. The van der Waals surface area contributed by atoms with E-state index in [0.29, 0.717) is 5.82 Å². The normalized spacial score (nSPS) is 10.2. The van der Waals surface area contributed by atoms with Crippen molar-refractivity contribution in [2.45, 2.75) is 6.54 Å². The Hall–Kier alpha value is -2.97. The molecule has 0 saturated heterocycles. The summed E-state index contributed by atoms with van der Waals surface area (Å²) in [5.41, 5.74) is 3.89. The van der Waals surface area contributed by atoms with E-state index in [-0.39, 0.29) is 6.54 Å². The lowest BCUT2D eigenvalue weighted by Gasteiger charge is -2.07. The van der Waals surface area contributed by atoms with Gasteiger partial charge in [-0.3, -0.25) is 14.9 Å². The van der Waals surface area contributed by atoms with E-state index in [0.717, 1.165) is 12.1 Å². The van der Waals surface area contributed by atoms with Crippen molar-refractivity contribution in [1.82, 2.24) is 15.3 Å². The Morgan fingerprint density at radius 2 is 2.30 bits per heavy atom. The van der Waals surface area contributed by atoms with Crippen LogP contribution in [0.4, 0.5) is 15.8 Å². The van der Waals surface area contributed by atoms with Gasteiger partial charge >= 0.3 is 0 Å². The number of carbonyl (C=O) groups excluding carboxylic acids is 1. The zero-order chi connectivity index (χ0) is 14.7. The minimum Gasteiger partial charge on any atom is -0.392 e. The van der Waals surface area contributed by atoms with Crippen molar-refractivity contribution in [2.24, 2.45) is 0 Å². The fourth-order valence-corrected chi connectivity index (χ4v) is 1.62. The number of rotatable bonds is 4. The second kappa shape index (κ2) is 5.34. The van der Waals surface area contributed by atoms with Gasteiger partial charge in [-0.25, -0.2) is 9.37 Å². The van der Waals surface area contributed by atoms with E-state index in [2.05, 4.69) is 15.3 Å². The molecule has 9 heteroatoms. The number of hydrogen-bond donors (Lipinski definition) is 3. The van der Waals surface area contributed by atoms with Crippen molar-refractivity contribution < 1.29 is 14.1 Å². The highest BCUT2D eigenvalue weighted by Crippen LogP contribution is 2.27. The summed E-state index contributed by atoms with van der Waals surface area (Å²) in [6.45, 7) is 0.0212. The van der Waals surface area contributed by atoms with E-state index in [1.807, 2.05) is 0 Å². The van der Waals surface area contributed by atoms with E-state index in [1.165, 1.54) is 6.20 Å². The minimum absolute atomic E-state index is 0.0212. The second-order valence-electron chi connectivity index (χ2n) is 3.83. The Labute approximate surface area is 112 Å². The number of aromatic amines is 1. The highest BCUT2D eigenvalue weighted by atomic mass is 19.1. The Kier molecular flexibility index (Phi) is 3.60. The minimum atomic E-state index is -0.926. The molecule has 0 radical (unpaired) electrons. The van der Waals surface area contributed by atoms with Crippen LogP contribution in [0.25, 0.3) is 0 Å². The van der Waals surface area contributed by atoms with Crippen LogP contribution in [-0.2, 0) is 6.54 Å². The molecule has 0 spiro atoms. The van der Waals surface area contributed by atoms with Gasteiger partial charge in [0.2, 0.25) is 0 Å². The molecule has 0 atom stereocenters. The van der Waals surface area contributed by atoms with Gasteiger partial charge in [-0.15, -0.1) is 0 Å². The lowest BCUT2D eigenvalue weighted by atomic mass is 10.1. The van der Waals surface area contributed by atoms with Gasteiger partial charge in [0.05, 0.1) is 11.5 Å². The standard InChI is InChI=1S/C11H10FN5O3/c12-6-1-2-7(17(19)20)10(13)9(6)11(18)16-5-8-14-3-4-15-8/h1-4H,5,13H2,(H,14,15)(H,16,18). The molecule has 1 aromatic carbocycles. The molecule has 1 heterocycles. The lowest BCUT2D eigenvalue weighted by Crippen LogP contribution is -2.25. The molecule has 0 saturated carbocycles. The molecule has 1 aromatic heterocycles. The van der Waals surface area contributed by atoms with E-state index in [4.69, 9.17) is 5.73 Å². The third-order valence-electron chi connectivity index (χ3n) is 2.57. The summed E-state index contributed by atoms with van der Waals surface area (Å²) in [7, 11) is 0. The van der Waals surface area contributed by atoms with Crippen molar-refractivity contribution in [1.29, 1.82) is 0 Å². The van der Waals surface area contributed by atoms with E-state index in [1.54, 1.807) is 6.20 Å². The largest absolute Gasteiger partial charge is 0.392 e. The molecule has 8 nitrogen and oxygen atoms in total. The van der Waals surface area contributed by atoms with Gasteiger partial charge in [0, 0.05) is 18.5 Å². The summed E-state index contributed by atoms with van der Waals surface area (Å²) in [6, 6.07) is 1.74. The molecule has 0 unspecified atom stereocenters. The SMILES string of the molecule is Nc1c([N+](=O)[O-])ccc(F)c1C(=O)NCc1ncc[nH]1. The van der Waals surface area contributed by atoms with Crippen LogP contribution < -0.4 is 11.1 Å². The zero-order valence-electron chi connectivity index (χ0n) is 10.1. The van der Waals surface area contributed by atoms with Crippen molar-refractivity contribution >= 4 is 17.3 Å². The summed E-state index contributed by atoms with van der Waals surface area (Å²) in [5, 5.41) is 13.1. The quantitative estimate of drug-likeness (QED) is 0.436. The van der Waals surface area contributed by atoms with Gasteiger partial charge in [0.1, 0.15) is 22.9 Å². The van der Waals surface area contributed by atoms with Crippen molar-refractivity contribution in [3.63, 3.8) is 0 Å². The number of hydrogen-bond acceptors (Lipinski definition) is 5. The number of amides is 1. The highest BCUT2D eigenvalue weighted by Gasteiger charge is 2.23. The summed E-state index contributed by atoms with van der Waals surface area (Å²) in [4.78, 5) is 28.4. The van der Waals surface area contributed by atoms with Crippen LogP contribution in [0, 0.1) is 15.9 Å². The number of nitrogen functional groups attached to an aromatic ring is 1. The summed E-state index contributed by atoms with van der Waals surface area (Å²) in [6.07, 6.45) is 3.05. The summed E-state index contributed by atoms with van der Waals surface area (Å²) < 4.78 is 13.6. The topological polar surface area (TPSA) is 127 Å². The third kappa shape index (κ3) is 2.55. The number of carbonyl (C=O) groups is 1. The molecule has 2 rings (SSSR count). The predicted molar refractivity (Wildman–Crippen MR) is 67.2 cm³/mol. The van der Waals surface area contributed by atoms with Crippen LogP contribution in [0.5, 0.6) is 0 Å². The number of aromatic nitrogens is 2. The van der Waals surface area contributed by atoms with Gasteiger partial charge in [0.25, 0.3) is 11.6 Å². The number of nitro groups is 1. The molecule has 2 aromatic rings. The number of nitrogens with two attached hydrogens (primary N) is 1. The average molecular weight is 279 g/mol. The van der Waals surface area contributed by atoms with Gasteiger partial charge in [-0.1, -0.05) is 0 Å². The first-order valence-electron chi connectivity index (χ1n) is 5.49. The number of imidazole rings is 1. The van der Waals surface area contributed by atoms with Crippen LogP contribution >= 0.6 is 0 Å². The molecule has 0 aliphatic carbocycles. The first-order chi connectivity index (χ1) is 9.50. The maximum atomic E-state index is 13.6. The van der Waals surface area contributed by atoms with Gasteiger partial charge in [-0.2, -0.15) is 0 Å². The molecule has 0 fully saturated rings. The number of H-pyrrole nitrogens is 1. The first kappa shape index (κ1) is 13.5. The predicted octanol–water partition coefficient (Wildman–Crippen LogP) is 0.969. The number of nitrogens with one attached hydrogen (secondary N) is 2. The Balaban J connectivity index is 2.25. The number of anilines is 1. The smallest absolute Gasteiger partial charge is 0.293 e. The molecule has 20 heavy (non-hydrogen) atoms. The Bertz CT molecular complexity index is 656. The molecule has 104 valence electrons. The van der Waals surface area contributed by atoms with Crippen molar-refractivity contribution in [3.8, 4) is 0 Å². The van der Waals surface area contributed by atoms with Crippen molar-refractivity contribution in [3.05, 3.63) is 51.8 Å². The third-order valence-corrected chi connectivity index (χ3v) is 2.57. The van der Waals surface area contributed by atoms with Gasteiger partial charge in [-0.05, 0) is 6.07 Å². The molecule has 0 aliphatic heterocycles. The van der Waals surface area contributed by atoms with Crippen molar-refractivity contribution in [2.75, 3.05) is 5.73 Å². The monoisotopic (exact) mass is 279 g/mol. The summed E-state index contributed by atoms with van der Waals surface area (Å²) in [5.74, 6) is -1.31. The van der Waals surface area contributed by atoms with Gasteiger partial charge < -0.3 is 16.0 Å². The number of nitrogens with zero attached hydrogens (tertiary/aromatic N) is 2. The number of nitro benzene ring substituents is 1. The first-order valence-corrected chi connectivity index (χ1v) is 5.49. The number of halogens is 1. The van der Waals surface area contributed by atoms with Crippen LogP contribution in [-0.4, -0.2) is 20.8 Å². The molecule has 4 N–H and O–H groups in total. The highest BCUT2D eigenvalue weighted by molar-refractivity contribution is 6.01. The molecule has 0 aliphatic rings. The fourth-order valence-electron chi connectivity index (χ4n) is 1.62. The van der Waals surface area contributed by atoms with Crippen LogP contribution in [0.2, 0.25) is 0 Å². The Morgan fingerprint density at radius 1 is 1.55 bits per heavy atom. The summed E-state index contributed by atoms with van der Waals surface area (Å²) >= 11 is 0. The molecule has 0 bridgehead atoms. The van der Waals surface area contributed by atoms with E-state index >= 15 is 0 Å².